The number of hydrogen-bond acceptors (Lipinski definition) is 7. The van der Waals surface area contributed by atoms with Gasteiger partial charge in [-0.25, -0.2) is 8.42 Å². The second kappa shape index (κ2) is 11.2. The van der Waals surface area contributed by atoms with E-state index in [1.165, 1.54) is 10.4 Å². The lowest BCUT2D eigenvalue weighted by atomic mass is 10.1. The lowest BCUT2D eigenvalue weighted by Gasteiger charge is -2.27. The fourth-order valence-electron chi connectivity index (χ4n) is 3.73. The molecule has 0 spiro atoms. The molecule has 3 rings (SSSR count). The van der Waals surface area contributed by atoms with Crippen molar-refractivity contribution in [3.8, 4) is 11.5 Å². The van der Waals surface area contributed by atoms with E-state index in [1.807, 2.05) is 30.1 Å². The molecule has 1 amide bonds. The first kappa shape index (κ1) is 26.0. The molecule has 1 aliphatic rings. The molecule has 1 heterocycles. The van der Waals surface area contributed by atoms with Crippen molar-refractivity contribution in [2.45, 2.75) is 31.3 Å². The average molecular weight is 492 g/mol. The SMILES string of the molecule is COc1ccc(CN(C)[C@@H](C)C(=O)Nc2ccc(C)c(S(=O)(=O)N3CCOCC3)c2)cc1OC. The van der Waals surface area contributed by atoms with Gasteiger partial charge >= 0.3 is 0 Å². The van der Waals surface area contributed by atoms with Gasteiger partial charge in [-0.15, -0.1) is 0 Å². The second-order valence-electron chi connectivity index (χ2n) is 8.27. The molecule has 9 nitrogen and oxygen atoms in total. The van der Waals surface area contributed by atoms with Crippen molar-refractivity contribution in [3.63, 3.8) is 0 Å². The fraction of sp³-hybridized carbons (Fsp3) is 0.458. The van der Waals surface area contributed by atoms with E-state index in [2.05, 4.69) is 5.32 Å². The number of hydrogen-bond donors (Lipinski definition) is 1. The summed E-state index contributed by atoms with van der Waals surface area (Å²) in [5, 5.41) is 2.86. The van der Waals surface area contributed by atoms with Gasteiger partial charge in [0.05, 0.1) is 38.4 Å². The van der Waals surface area contributed by atoms with E-state index in [1.54, 1.807) is 40.2 Å². The molecule has 1 saturated heterocycles. The summed E-state index contributed by atoms with van der Waals surface area (Å²) in [6.07, 6.45) is 0. The number of nitrogens with zero attached hydrogens (tertiary/aromatic N) is 2. The van der Waals surface area contributed by atoms with Crippen molar-refractivity contribution in [1.82, 2.24) is 9.21 Å². The largest absolute Gasteiger partial charge is 0.493 e. The van der Waals surface area contributed by atoms with E-state index in [-0.39, 0.29) is 10.8 Å². The molecule has 0 bridgehead atoms. The van der Waals surface area contributed by atoms with Crippen LogP contribution in [-0.4, -0.2) is 77.1 Å². The molecule has 0 unspecified atom stereocenters. The molecule has 1 aliphatic heterocycles. The van der Waals surface area contributed by atoms with Gasteiger partial charge in [0.1, 0.15) is 0 Å². The summed E-state index contributed by atoms with van der Waals surface area (Å²) in [6.45, 7) is 5.44. The van der Waals surface area contributed by atoms with Crippen LogP contribution >= 0.6 is 0 Å². The number of benzene rings is 2. The predicted octanol–water partition coefficient (Wildman–Crippen LogP) is 2.49. The Bertz CT molecular complexity index is 1120. The van der Waals surface area contributed by atoms with Gasteiger partial charge in [0.25, 0.3) is 0 Å². The summed E-state index contributed by atoms with van der Waals surface area (Å²) in [6, 6.07) is 10.1. The Morgan fingerprint density at radius 2 is 1.79 bits per heavy atom. The smallest absolute Gasteiger partial charge is 0.243 e. The van der Waals surface area contributed by atoms with Gasteiger partial charge in [-0.1, -0.05) is 12.1 Å². The van der Waals surface area contributed by atoms with Crippen LogP contribution in [0.2, 0.25) is 0 Å². The van der Waals surface area contributed by atoms with Crippen molar-refractivity contribution in [1.29, 1.82) is 0 Å². The quantitative estimate of drug-likeness (QED) is 0.576. The van der Waals surface area contributed by atoms with Gasteiger partial charge in [0, 0.05) is 25.3 Å². The van der Waals surface area contributed by atoms with Crippen molar-refractivity contribution < 1.29 is 27.4 Å². The second-order valence-corrected chi connectivity index (χ2v) is 10.2. The van der Waals surface area contributed by atoms with Crippen LogP contribution in [0.15, 0.2) is 41.3 Å². The van der Waals surface area contributed by atoms with Crippen LogP contribution in [0.4, 0.5) is 5.69 Å². The van der Waals surface area contributed by atoms with Crippen LogP contribution in [0, 0.1) is 6.92 Å². The molecule has 0 aliphatic carbocycles. The number of amides is 1. The fourth-order valence-corrected chi connectivity index (χ4v) is 5.39. The number of likely N-dealkylation sites (N-methyl/N-ethyl adjacent to an activating group) is 1. The highest BCUT2D eigenvalue weighted by atomic mass is 32.2. The molecule has 1 fully saturated rings. The van der Waals surface area contributed by atoms with Gasteiger partial charge < -0.3 is 19.5 Å². The first-order chi connectivity index (χ1) is 16.2. The number of morpholine rings is 1. The van der Waals surface area contributed by atoms with Crippen molar-refractivity contribution >= 4 is 21.6 Å². The van der Waals surface area contributed by atoms with E-state index < -0.39 is 16.1 Å². The predicted molar refractivity (Wildman–Crippen MR) is 130 cm³/mol. The van der Waals surface area contributed by atoms with Crippen LogP contribution in [0.5, 0.6) is 11.5 Å². The van der Waals surface area contributed by atoms with Gasteiger partial charge in [-0.05, 0) is 56.3 Å². The Kier molecular flexibility index (Phi) is 8.53. The summed E-state index contributed by atoms with van der Waals surface area (Å²) in [5.74, 6) is 1.03. The van der Waals surface area contributed by atoms with E-state index in [0.717, 1.165) is 5.56 Å². The Morgan fingerprint density at radius 3 is 2.44 bits per heavy atom. The minimum atomic E-state index is -3.67. The lowest BCUT2D eigenvalue weighted by Crippen LogP contribution is -2.41. The minimum Gasteiger partial charge on any atom is -0.493 e. The number of rotatable bonds is 9. The summed E-state index contributed by atoms with van der Waals surface area (Å²) >= 11 is 0. The van der Waals surface area contributed by atoms with E-state index in [4.69, 9.17) is 14.2 Å². The molecule has 10 heteroatoms. The molecular weight excluding hydrogens is 458 g/mol. The van der Waals surface area contributed by atoms with Crippen LogP contribution in [-0.2, 0) is 26.1 Å². The number of sulfonamides is 1. The van der Waals surface area contributed by atoms with Crippen LogP contribution in [0.25, 0.3) is 0 Å². The van der Waals surface area contributed by atoms with Crippen molar-refractivity contribution in [2.24, 2.45) is 0 Å². The van der Waals surface area contributed by atoms with Crippen molar-refractivity contribution in [2.75, 3.05) is 52.9 Å². The average Bonchev–Trinajstić information content (AvgIpc) is 2.84. The molecule has 186 valence electrons. The van der Waals surface area contributed by atoms with Gasteiger partial charge in [0.2, 0.25) is 15.9 Å². The molecule has 1 N–H and O–H groups in total. The molecule has 34 heavy (non-hydrogen) atoms. The summed E-state index contributed by atoms with van der Waals surface area (Å²) in [7, 11) is 1.34. The molecule has 2 aromatic rings. The highest BCUT2D eigenvalue weighted by Gasteiger charge is 2.28. The van der Waals surface area contributed by atoms with Crippen LogP contribution < -0.4 is 14.8 Å². The maximum atomic E-state index is 13.1. The Labute approximate surface area is 201 Å². The third-order valence-electron chi connectivity index (χ3n) is 5.96. The summed E-state index contributed by atoms with van der Waals surface area (Å²) < 4.78 is 43.6. The zero-order valence-corrected chi connectivity index (χ0v) is 21.1. The van der Waals surface area contributed by atoms with Gasteiger partial charge in [0.15, 0.2) is 11.5 Å². The standard InChI is InChI=1S/C24H33N3O6S/c1-17-6-8-20(15-23(17)34(29,30)27-10-12-33-13-11-27)25-24(28)18(2)26(3)16-19-7-9-21(31-4)22(14-19)32-5/h6-9,14-15,18H,10-13,16H2,1-5H3,(H,25,28)/t18-/m0/s1. The minimum absolute atomic E-state index is 0.193. The Balaban J connectivity index is 1.70. The van der Waals surface area contributed by atoms with Gasteiger partial charge in [-0.2, -0.15) is 4.31 Å². The molecule has 2 aromatic carbocycles. The first-order valence-corrected chi connectivity index (χ1v) is 12.5. The highest BCUT2D eigenvalue weighted by molar-refractivity contribution is 7.89. The van der Waals surface area contributed by atoms with Gasteiger partial charge in [-0.3, -0.25) is 9.69 Å². The Hall–Kier alpha value is -2.66. The maximum absolute atomic E-state index is 13.1. The third kappa shape index (κ3) is 5.87. The number of anilines is 1. The third-order valence-corrected chi connectivity index (χ3v) is 8.00. The molecule has 0 radical (unpaired) electrons. The highest BCUT2D eigenvalue weighted by Crippen LogP contribution is 2.28. The maximum Gasteiger partial charge on any atom is 0.243 e. The first-order valence-electron chi connectivity index (χ1n) is 11.1. The number of nitrogens with one attached hydrogen (secondary N) is 1. The number of carbonyl (C=O) groups is 1. The van der Waals surface area contributed by atoms with E-state index in [9.17, 15) is 13.2 Å². The number of carbonyl (C=O) groups excluding carboxylic acids is 1. The normalized spacial score (nSPS) is 15.7. The molecule has 0 saturated carbocycles. The molecule has 1 atom stereocenters. The van der Waals surface area contributed by atoms with E-state index in [0.29, 0.717) is 55.6 Å². The topological polar surface area (TPSA) is 97.4 Å². The van der Waals surface area contributed by atoms with Crippen LogP contribution in [0.3, 0.4) is 0 Å². The van der Waals surface area contributed by atoms with E-state index >= 15 is 0 Å². The zero-order chi connectivity index (χ0) is 24.9. The number of methoxy groups -OCH3 is 2. The monoisotopic (exact) mass is 491 g/mol. The lowest BCUT2D eigenvalue weighted by molar-refractivity contribution is -0.120. The Morgan fingerprint density at radius 1 is 1.12 bits per heavy atom. The number of aryl methyl sites for hydroxylation is 1. The van der Waals surface area contributed by atoms with Crippen molar-refractivity contribution in [3.05, 3.63) is 47.5 Å². The number of ether oxygens (including phenoxy) is 3. The van der Waals surface area contributed by atoms with Crippen LogP contribution in [0.1, 0.15) is 18.1 Å². The zero-order valence-electron chi connectivity index (χ0n) is 20.3. The summed E-state index contributed by atoms with van der Waals surface area (Å²) in [4.78, 5) is 15.0. The molecule has 0 aromatic heterocycles. The molecular formula is C24H33N3O6S. The summed E-state index contributed by atoms with van der Waals surface area (Å²) in [5.41, 5.74) is 2.03.